The second-order valence-corrected chi connectivity index (χ2v) is 6.30. The summed E-state index contributed by atoms with van der Waals surface area (Å²) in [6, 6.07) is 26.7. The zero-order valence-electron chi connectivity index (χ0n) is 14.4. The van der Waals surface area contributed by atoms with Crippen LogP contribution >= 0.6 is 0 Å². The molecule has 0 atom stereocenters. The molecule has 2 heteroatoms. The summed E-state index contributed by atoms with van der Waals surface area (Å²) in [5.41, 5.74) is 5.21. The molecule has 3 aromatic carbocycles. The van der Waals surface area contributed by atoms with Crippen molar-refractivity contribution in [3.8, 4) is 0 Å². The van der Waals surface area contributed by atoms with Gasteiger partial charge in [-0.1, -0.05) is 84.9 Å². The standard InChI is InChI=1S/C24H19NO/c26-18-22-17-25(16-20-10-5-2-6-11-20)23-13-7-12-21(24(22)23)15-14-19-8-3-1-4-9-19/h1-15,17-18H,16H2/b15-14+. The number of aldehydes is 1. The van der Waals surface area contributed by atoms with Gasteiger partial charge in [0.25, 0.3) is 0 Å². The van der Waals surface area contributed by atoms with Crippen molar-refractivity contribution in [2.45, 2.75) is 6.54 Å². The van der Waals surface area contributed by atoms with E-state index in [0.717, 1.165) is 40.4 Å². The van der Waals surface area contributed by atoms with Gasteiger partial charge >= 0.3 is 0 Å². The van der Waals surface area contributed by atoms with Crippen LogP contribution in [0.3, 0.4) is 0 Å². The SMILES string of the molecule is O=Cc1cn(Cc2ccccc2)c2cccc(/C=C/c3ccccc3)c12. The van der Waals surface area contributed by atoms with Gasteiger partial charge in [-0.2, -0.15) is 0 Å². The number of fused-ring (bicyclic) bond motifs is 1. The summed E-state index contributed by atoms with van der Waals surface area (Å²) in [7, 11) is 0. The maximum absolute atomic E-state index is 11.7. The highest BCUT2D eigenvalue weighted by Gasteiger charge is 2.11. The number of hydrogen-bond donors (Lipinski definition) is 0. The second kappa shape index (κ2) is 7.24. The quantitative estimate of drug-likeness (QED) is 0.339. The van der Waals surface area contributed by atoms with E-state index in [1.807, 2.05) is 48.7 Å². The Morgan fingerprint density at radius 1 is 0.731 bits per heavy atom. The smallest absolute Gasteiger partial charge is 0.152 e. The van der Waals surface area contributed by atoms with Crippen molar-refractivity contribution in [2.24, 2.45) is 0 Å². The summed E-state index contributed by atoms with van der Waals surface area (Å²) in [6.07, 6.45) is 7.06. The molecule has 0 saturated heterocycles. The number of benzene rings is 3. The minimum atomic E-state index is 0.726. The Kier molecular flexibility index (Phi) is 4.48. The minimum Gasteiger partial charge on any atom is -0.342 e. The molecular weight excluding hydrogens is 318 g/mol. The summed E-state index contributed by atoms with van der Waals surface area (Å²) >= 11 is 0. The van der Waals surface area contributed by atoms with Gasteiger partial charge in [0, 0.05) is 29.2 Å². The van der Waals surface area contributed by atoms with Crippen LogP contribution in [0.15, 0.2) is 85.1 Å². The first-order chi connectivity index (χ1) is 12.8. The number of carbonyl (C=O) groups excluding carboxylic acids is 1. The Morgan fingerprint density at radius 3 is 2.19 bits per heavy atom. The Labute approximate surface area is 153 Å². The van der Waals surface area contributed by atoms with Gasteiger partial charge in [0.1, 0.15) is 0 Å². The minimum absolute atomic E-state index is 0.726. The molecule has 0 spiro atoms. The summed E-state index contributed by atoms with van der Waals surface area (Å²) in [5.74, 6) is 0. The van der Waals surface area contributed by atoms with Crippen LogP contribution in [-0.2, 0) is 6.54 Å². The van der Waals surface area contributed by atoms with Gasteiger partial charge in [0.2, 0.25) is 0 Å². The van der Waals surface area contributed by atoms with Gasteiger partial charge in [0.05, 0.1) is 0 Å². The lowest BCUT2D eigenvalue weighted by molar-refractivity contribution is 0.112. The van der Waals surface area contributed by atoms with Crippen molar-refractivity contribution in [3.05, 3.63) is 107 Å². The predicted octanol–water partition coefficient (Wildman–Crippen LogP) is 5.67. The molecule has 0 aliphatic rings. The third-order valence-corrected chi connectivity index (χ3v) is 4.55. The number of hydrogen-bond acceptors (Lipinski definition) is 1. The average molecular weight is 337 g/mol. The lowest BCUT2D eigenvalue weighted by Crippen LogP contribution is -1.97. The first-order valence-electron chi connectivity index (χ1n) is 8.69. The molecule has 0 aliphatic carbocycles. The molecule has 0 unspecified atom stereocenters. The van der Waals surface area contributed by atoms with E-state index >= 15 is 0 Å². The van der Waals surface area contributed by atoms with Crippen molar-refractivity contribution >= 4 is 29.3 Å². The third-order valence-electron chi connectivity index (χ3n) is 4.55. The van der Waals surface area contributed by atoms with E-state index in [2.05, 4.69) is 53.1 Å². The van der Waals surface area contributed by atoms with Crippen LogP contribution in [0.2, 0.25) is 0 Å². The van der Waals surface area contributed by atoms with Crippen molar-refractivity contribution < 1.29 is 4.79 Å². The molecule has 0 N–H and O–H groups in total. The van der Waals surface area contributed by atoms with E-state index in [-0.39, 0.29) is 0 Å². The van der Waals surface area contributed by atoms with Crippen molar-refractivity contribution in [1.29, 1.82) is 0 Å². The number of rotatable bonds is 5. The van der Waals surface area contributed by atoms with Crippen molar-refractivity contribution in [3.63, 3.8) is 0 Å². The normalized spacial score (nSPS) is 11.2. The highest BCUT2D eigenvalue weighted by Crippen LogP contribution is 2.26. The van der Waals surface area contributed by atoms with Gasteiger partial charge in [0.15, 0.2) is 6.29 Å². The topological polar surface area (TPSA) is 22.0 Å². The van der Waals surface area contributed by atoms with Gasteiger partial charge in [-0.15, -0.1) is 0 Å². The largest absolute Gasteiger partial charge is 0.342 e. The van der Waals surface area contributed by atoms with E-state index in [0.29, 0.717) is 0 Å². The summed E-state index contributed by atoms with van der Waals surface area (Å²) in [6.45, 7) is 0.747. The Bertz CT molecular complexity index is 1060. The summed E-state index contributed by atoms with van der Waals surface area (Å²) in [4.78, 5) is 11.7. The molecule has 1 aromatic heterocycles. The maximum atomic E-state index is 11.7. The van der Waals surface area contributed by atoms with Gasteiger partial charge in [-0.05, 0) is 22.8 Å². The van der Waals surface area contributed by atoms with Crippen LogP contribution in [0, 0.1) is 0 Å². The van der Waals surface area contributed by atoms with Gasteiger partial charge in [-0.25, -0.2) is 0 Å². The highest BCUT2D eigenvalue weighted by atomic mass is 16.1. The Morgan fingerprint density at radius 2 is 1.46 bits per heavy atom. The van der Waals surface area contributed by atoms with Gasteiger partial charge < -0.3 is 4.57 Å². The molecule has 4 rings (SSSR count). The lowest BCUT2D eigenvalue weighted by atomic mass is 10.1. The molecule has 1 heterocycles. The van der Waals surface area contributed by atoms with E-state index < -0.39 is 0 Å². The average Bonchev–Trinajstić information content (AvgIpc) is 3.06. The zero-order chi connectivity index (χ0) is 17.8. The fourth-order valence-corrected chi connectivity index (χ4v) is 3.30. The number of carbonyl (C=O) groups is 1. The molecule has 4 aromatic rings. The van der Waals surface area contributed by atoms with Crippen LogP contribution < -0.4 is 0 Å². The molecule has 0 fully saturated rings. The molecular formula is C24H19NO. The molecule has 0 saturated carbocycles. The summed E-state index contributed by atoms with van der Waals surface area (Å²) in [5, 5.41) is 1.01. The lowest BCUT2D eigenvalue weighted by Gasteiger charge is -2.06. The van der Waals surface area contributed by atoms with Crippen molar-refractivity contribution in [2.75, 3.05) is 0 Å². The van der Waals surface area contributed by atoms with E-state index in [1.165, 1.54) is 5.56 Å². The van der Waals surface area contributed by atoms with E-state index in [1.54, 1.807) is 0 Å². The van der Waals surface area contributed by atoms with Crippen LogP contribution in [0.5, 0.6) is 0 Å². The first-order valence-corrected chi connectivity index (χ1v) is 8.69. The zero-order valence-corrected chi connectivity index (χ0v) is 14.4. The number of aromatic nitrogens is 1. The summed E-state index contributed by atoms with van der Waals surface area (Å²) < 4.78 is 2.15. The highest BCUT2D eigenvalue weighted by molar-refractivity contribution is 6.03. The maximum Gasteiger partial charge on any atom is 0.152 e. The third kappa shape index (κ3) is 3.22. The fraction of sp³-hybridized carbons (Fsp3) is 0.0417. The molecule has 0 radical (unpaired) electrons. The first kappa shape index (κ1) is 16.1. The molecule has 0 amide bonds. The number of nitrogens with zero attached hydrogens (tertiary/aromatic N) is 1. The van der Waals surface area contributed by atoms with Gasteiger partial charge in [-0.3, -0.25) is 4.79 Å². The van der Waals surface area contributed by atoms with Crippen molar-refractivity contribution in [1.82, 2.24) is 4.57 Å². The van der Waals surface area contributed by atoms with E-state index in [9.17, 15) is 4.79 Å². The van der Waals surface area contributed by atoms with Crippen LogP contribution in [-0.4, -0.2) is 10.9 Å². The molecule has 0 bridgehead atoms. The molecule has 26 heavy (non-hydrogen) atoms. The van der Waals surface area contributed by atoms with Crippen LogP contribution in [0.4, 0.5) is 0 Å². The molecule has 0 aliphatic heterocycles. The molecule has 126 valence electrons. The van der Waals surface area contributed by atoms with Crippen LogP contribution in [0.1, 0.15) is 27.0 Å². The predicted molar refractivity (Wildman–Crippen MR) is 108 cm³/mol. The fourth-order valence-electron chi connectivity index (χ4n) is 3.30. The Balaban J connectivity index is 1.78. The van der Waals surface area contributed by atoms with E-state index in [4.69, 9.17) is 0 Å². The Hall–Kier alpha value is -3.39. The second-order valence-electron chi connectivity index (χ2n) is 6.30. The monoisotopic (exact) mass is 337 g/mol. The van der Waals surface area contributed by atoms with Crippen LogP contribution in [0.25, 0.3) is 23.1 Å². The molecule has 2 nitrogen and oxygen atoms in total.